The molecule has 5 rings (SSSR count). The molecule has 0 radical (unpaired) electrons. The molecule has 172 valence electrons. The third kappa shape index (κ3) is 4.66. The SMILES string of the molecule is Cc1cccc(C2CC2C(=O)Nc2ccc(-c3ccc(OC(C)C)nc3)c(-c3nn[nH]n3)c2)c1. The van der Waals surface area contributed by atoms with Crippen LogP contribution in [0.1, 0.15) is 37.3 Å². The van der Waals surface area contributed by atoms with Crippen molar-refractivity contribution in [2.24, 2.45) is 5.92 Å². The minimum Gasteiger partial charge on any atom is -0.475 e. The van der Waals surface area contributed by atoms with E-state index in [0.717, 1.165) is 23.1 Å². The Morgan fingerprint density at radius 1 is 1.12 bits per heavy atom. The maximum atomic E-state index is 12.9. The third-order valence-electron chi connectivity index (χ3n) is 5.87. The largest absolute Gasteiger partial charge is 0.475 e. The van der Waals surface area contributed by atoms with E-state index in [4.69, 9.17) is 4.74 Å². The van der Waals surface area contributed by atoms with Crippen LogP contribution in [0, 0.1) is 12.8 Å². The van der Waals surface area contributed by atoms with Crippen molar-refractivity contribution in [2.75, 3.05) is 5.32 Å². The van der Waals surface area contributed by atoms with Crippen molar-refractivity contribution in [3.05, 3.63) is 71.9 Å². The average Bonchev–Trinajstić information content (AvgIpc) is 3.44. The lowest BCUT2D eigenvalue weighted by atomic mass is 9.99. The Hall–Kier alpha value is -4.07. The number of H-pyrrole nitrogens is 1. The molecule has 1 fully saturated rings. The normalized spacial score (nSPS) is 16.9. The van der Waals surface area contributed by atoms with Gasteiger partial charge in [0.2, 0.25) is 17.6 Å². The summed E-state index contributed by atoms with van der Waals surface area (Å²) in [5.74, 6) is 1.28. The third-order valence-corrected chi connectivity index (χ3v) is 5.87. The molecular weight excluding hydrogens is 428 g/mol. The van der Waals surface area contributed by atoms with Gasteiger partial charge in [-0.05, 0) is 67.6 Å². The molecule has 1 saturated carbocycles. The Balaban J connectivity index is 1.37. The number of carbonyl (C=O) groups excluding carboxylic acids is 1. The number of hydrogen-bond acceptors (Lipinski definition) is 6. The van der Waals surface area contributed by atoms with Gasteiger partial charge in [-0.2, -0.15) is 5.21 Å². The van der Waals surface area contributed by atoms with E-state index in [0.29, 0.717) is 17.4 Å². The van der Waals surface area contributed by atoms with Crippen LogP contribution < -0.4 is 10.1 Å². The zero-order chi connectivity index (χ0) is 23.7. The second-order valence-corrected chi connectivity index (χ2v) is 8.90. The van der Waals surface area contributed by atoms with E-state index in [9.17, 15) is 4.79 Å². The van der Waals surface area contributed by atoms with Crippen LogP contribution in [-0.4, -0.2) is 37.6 Å². The van der Waals surface area contributed by atoms with Gasteiger partial charge in [-0.1, -0.05) is 35.9 Å². The van der Waals surface area contributed by atoms with E-state index in [-0.39, 0.29) is 23.8 Å². The Bertz CT molecular complexity index is 1300. The summed E-state index contributed by atoms with van der Waals surface area (Å²) in [4.78, 5) is 17.3. The molecule has 4 aromatic rings. The van der Waals surface area contributed by atoms with Gasteiger partial charge in [-0.3, -0.25) is 4.79 Å². The van der Waals surface area contributed by atoms with E-state index in [1.165, 1.54) is 11.1 Å². The molecule has 2 heterocycles. The van der Waals surface area contributed by atoms with Crippen molar-refractivity contribution in [2.45, 2.75) is 39.2 Å². The monoisotopic (exact) mass is 454 g/mol. The van der Waals surface area contributed by atoms with Gasteiger partial charge in [0.05, 0.1) is 6.10 Å². The first-order valence-electron chi connectivity index (χ1n) is 11.4. The van der Waals surface area contributed by atoms with Gasteiger partial charge in [0.15, 0.2) is 0 Å². The Morgan fingerprint density at radius 3 is 2.71 bits per heavy atom. The zero-order valence-electron chi connectivity index (χ0n) is 19.3. The van der Waals surface area contributed by atoms with Crippen LogP contribution in [0.15, 0.2) is 60.8 Å². The van der Waals surface area contributed by atoms with Gasteiger partial charge in [-0.15, -0.1) is 10.2 Å². The summed E-state index contributed by atoms with van der Waals surface area (Å²) in [5.41, 5.74) is 5.64. The minimum atomic E-state index is -0.0206. The molecule has 0 saturated heterocycles. The number of ether oxygens (including phenoxy) is 1. The molecule has 8 nitrogen and oxygen atoms in total. The molecule has 2 unspecified atom stereocenters. The molecule has 2 atom stereocenters. The van der Waals surface area contributed by atoms with Crippen molar-refractivity contribution >= 4 is 11.6 Å². The highest BCUT2D eigenvalue weighted by molar-refractivity contribution is 5.96. The quantitative estimate of drug-likeness (QED) is 0.417. The van der Waals surface area contributed by atoms with Gasteiger partial charge < -0.3 is 10.1 Å². The molecule has 1 aliphatic rings. The van der Waals surface area contributed by atoms with Gasteiger partial charge >= 0.3 is 0 Å². The first kappa shape index (κ1) is 21.8. The number of aromatic nitrogens is 5. The first-order chi connectivity index (χ1) is 16.5. The number of rotatable bonds is 7. The van der Waals surface area contributed by atoms with Crippen molar-refractivity contribution < 1.29 is 9.53 Å². The summed E-state index contributed by atoms with van der Waals surface area (Å²) in [6.45, 7) is 5.99. The summed E-state index contributed by atoms with van der Waals surface area (Å²) >= 11 is 0. The number of hydrogen-bond donors (Lipinski definition) is 2. The van der Waals surface area contributed by atoms with Crippen LogP contribution >= 0.6 is 0 Å². The van der Waals surface area contributed by atoms with Crippen LogP contribution in [0.5, 0.6) is 5.88 Å². The predicted molar refractivity (Wildman–Crippen MR) is 129 cm³/mol. The number of benzene rings is 2. The number of aromatic amines is 1. The maximum absolute atomic E-state index is 12.9. The number of tetrazole rings is 1. The summed E-state index contributed by atoms with van der Waals surface area (Å²) in [5, 5.41) is 17.6. The second-order valence-electron chi connectivity index (χ2n) is 8.90. The van der Waals surface area contributed by atoms with E-state index in [2.05, 4.69) is 56.0 Å². The zero-order valence-corrected chi connectivity index (χ0v) is 19.3. The second kappa shape index (κ2) is 9.05. The molecule has 2 aromatic carbocycles. The molecule has 0 aliphatic heterocycles. The number of nitrogens with zero attached hydrogens (tertiary/aromatic N) is 4. The van der Waals surface area contributed by atoms with Crippen molar-refractivity contribution in [3.63, 3.8) is 0 Å². The molecule has 1 aliphatic carbocycles. The molecule has 0 spiro atoms. The molecule has 2 N–H and O–H groups in total. The molecule has 8 heteroatoms. The summed E-state index contributed by atoms with van der Waals surface area (Å²) in [6, 6.07) is 17.9. The van der Waals surface area contributed by atoms with Crippen LogP contribution in [0.2, 0.25) is 0 Å². The Kier molecular flexibility index (Phi) is 5.79. The maximum Gasteiger partial charge on any atom is 0.228 e. The summed E-state index contributed by atoms with van der Waals surface area (Å²) in [6.07, 6.45) is 2.67. The first-order valence-corrected chi connectivity index (χ1v) is 11.4. The number of pyridine rings is 1. The predicted octanol–water partition coefficient (Wildman–Crippen LogP) is 4.77. The standard InChI is InChI=1S/C26H26N6O2/c1-15(2)34-24-10-7-18(14-27-24)20-9-8-19(12-22(20)25-29-31-32-30-25)28-26(33)23-13-21(23)17-6-4-5-16(3)11-17/h4-12,14-15,21,23H,13H2,1-3H3,(H,28,33)(H,29,30,31,32). The number of amides is 1. The average molecular weight is 455 g/mol. The number of carbonyl (C=O) groups is 1. The topological polar surface area (TPSA) is 106 Å². The Labute approximate surface area is 197 Å². The van der Waals surface area contributed by atoms with Crippen molar-refractivity contribution in [1.82, 2.24) is 25.6 Å². The van der Waals surface area contributed by atoms with Crippen LogP contribution in [0.4, 0.5) is 5.69 Å². The lowest BCUT2D eigenvalue weighted by molar-refractivity contribution is -0.117. The highest BCUT2D eigenvalue weighted by atomic mass is 16.5. The lowest BCUT2D eigenvalue weighted by Gasteiger charge is -2.12. The molecule has 1 amide bonds. The highest BCUT2D eigenvalue weighted by Crippen LogP contribution is 2.48. The molecule has 2 aromatic heterocycles. The van der Waals surface area contributed by atoms with Crippen LogP contribution in [0.25, 0.3) is 22.5 Å². The van der Waals surface area contributed by atoms with Gasteiger partial charge in [0.25, 0.3) is 0 Å². The molecular formula is C26H26N6O2. The molecule has 34 heavy (non-hydrogen) atoms. The fourth-order valence-electron chi connectivity index (χ4n) is 4.17. The van der Waals surface area contributed by atoms with Crippen LogP contribution in [-0.2, 0) is 4.79 Å². The Morgan fingerprint density at radius 2 is 2.00 bits per heavy atom. The van der Waals surface area contributed by atoms with E-state index in [1.54, 1.807) is 6.20 Å². The smallest absolute Gasteiger partial charge is 0.228 e. The van der Waals surface area contributed by atoms with Crippen LogP contribution in [0.3, 0.4) is 0 Å². The number of aryl methyl sites for hydroxylation is 1. The minimum absolute atomic E-state index is 0.0206. The number of nitrogens with one attached hydrogen (secondary N) is 2. The summed E-state index contributed by atoms with van der Waals surface area (Å²) < 4.78 is 5.65. The van der Waals surface area contributed by atoms with Gasteiger partial charge in [0, 0.05) is 35.0 Å². The van der Waals surface area contributed by atoms with E-state index in [1.807, 2.05) is 50.2 Å². The number of anilines is 1. The van der Waals surface area contributed by atoms with Gasteiger partial charge in [0.1, 0.15) is 0 Å². The summed E-state index contributed by atoms with van der Waals surface area (Å²) in [7, 11) is 0. The highest BCUT2D eigenvalue weighted by Gasteiger charge is 2.44. The lowest BCUT2D eigenvalue weighted by Crippen LogP contribution is -2.14. The fraction of sp³-hybridized carbons (Fsp3) is 0.269. The molecule has 0 bridgehead atoms. The fourth-order valence-corrected chi connectivity index (χ4v) is 4.17. The van der Waals surface area contributed by atoms with Crippen molar-refractivity contribution in [1.29, 1.82) is 0 Å². The van der Waals surface area contributed by atoms with E-state index < -0.39 is 0 Å². The van der Waals surface area contributed by atoms with Gasteiger partial charge in [-0.25, -0.2) is 4.98 Å². The van der Waals surface area contributed by atoms with E-state index >= 15 is 0 Å². The van der Waals surface area contributed by atoms with Crippen molar-refractivity contribution in [3.8, 4) is 28.4 Å².